The summed E-state index contributed by atoms with van der Waals surface area (Å²) in [5.74, 6) is 5.08. The number of rotatable bonds is 3. The number of pyridine rings is 1. The molecule has 1 saturated heterocycles. The zero-order valence-corrected chi connectivity index (χ0v) is 11.3. The fraction of sp³-hybridized carbons (Fsp3) is 0.538. The number of hydrogen-bond donors (Lipinski definition) is 0. The van der Waals surface area contributed by atoms with Crippen LogP contribution in [0.15, 0.2) is 18.3 Å². The van der Waals surface area contributed by atoms with Gasteiger partial charge in [0.1, 0.15) is 5.75 Å². The molecule has 1 aliphatic heterocycles. The normalized spacial score (nSPS) is 20.2. The summed E-state index contributed by atoms with van der Waals surface area (Å²) in [6, 6.07) is 3.83. The van der Waals surface area contributed by atoms with Crippen molar-refractivity contribution < 1.29 is 4.74 Å². The largest absolute Gasteiger partial charge is 0.497 e. The predicted octanol–water partition coefficient (Wildman–Crippen LogP) is 2.42. The van der Waals surface area contributed by atoms with E-state index in [-0.39, 0.29) is 0 Å². The van der Waals surface area contributed by atoms with E-state index in [1.54, 1.807) is 7.11 Å². The summed E-state index contributed by atoms with van der Waals surface area (Å²) < 4.78 is 7.02. The molecule has 3 rings (SSSR count). The van der Waals surface area contributed by atoms with E-state index in [4.69, 9.17) is 4.74 Å². The minimum Gasteiger partial charge on any atom is -0.497 e. The van der Waals surface area contributed by atoms with Crippen molar-refractivity contribution in [1.29, 1.82) is 0 Å². The lowest BCUT2D eigenvalue weighted by molar-refractivity contribution is 0.414. The highest BCUT2D eigenvalue weighted by Gasteiger charge is 2.16. The van der Waals surface area contributed by atoms with Crippen molar-refractivity contribution in [3.8, 4) is 5.75 Å². The molecular weight excluding hydrogens is 246 g/mol. The summed E-state index contributed by atoms with van der Waals surface area (Å²) in [6.45, 7) is 0. The summed E-state index contributed by atoms with van der Waals surface area (Å²) >= 11 is 2.05. The Kier molecular flexibility index (Phi) is 3.41. The van der Waals surface area contributed by atoms with Gasteiger partial charge in [0.15, 0.2) is 11.5 Å². The minimum atomic E-state index is 0.739. The molecule has 1 unspecified atom stereocenters. The molecule has 18 heavy (non-hydrogen) atoms. The van der Waals surface area contributed by atoms with E-state index in [1.165, 1.54) is 24.3 Å². The SMILES string of the molecule is COc1ccn2nc(CC3CCCSC3)nc2c1. The van der Waals surface area contributed by atoms with Gasteiger partial charge in [-0.2, -0.15) is 16.9 Å². The number of hydrogen-bond acceptors (Lipinski definition) is 4. The Balaban J connectivity index is 1.79. The molecule has 3 heterocycles. The first kappa shape index (κ1) is 11.8. The van der Waals surface area contributed by atoms with Gasteiger partial charge in [-0.3, -0.25) is 0 Å². The number of methoxy groups -OCH3 is 1. The molecule has 96 valence electrons. The van der Waals surface area contributed by atoms with E-state index in [9.17, 15) is 0 Å². The third kappa shape index (κ3) is 2.46. The van der Waals surface area contributed by atoms with Gasteiger partial charge in [-0.25, -0.2) is 9.50 Å². The van der Waals surface area contributed by atoms with Crippen molar-refractivity contribution >= 4 is 17.4 Å². The second kappa shape index (κ2) is 5.18. The van der Waals surface area contributed by atoms with Crippen LogP contribution >= 0.6 is 11.8 Å². The fourth-order valence-corrected chi connectivity index (χ4v) is 3.50. The minimum absolute atomic E-state index is 0.739. The van der Waals surface area contributed by atoms with E-state index in [0.717, 1.165) is 29.6 Å². The molecule has 2 aromatic rings. The zero-order valence-electron chi connectivity index (χ0n) is 10.5. The molecule has 0 amide bonds. The van der Waals surface area contributed by atoms with E-state index >= 15 is 0 Å². The highest BCUT2D eigenvalue weighted by Crippen LogP contribution is 2.25. The molecular formula is C13H17N3OS. The number of thioether (sulfide) groups is 1. The zero-order chi connectivity index (χ0) is 12.4. The Labute approximate surface area is 111 Å². The van der Waals surface area contributed by atoms with Gasteiger partial charge < -0.3 is 4.74 Å². The van der Waals surface area contributed by atoms with Gasteiger partial charge in [0.05, 0.1) is 7.11 Å². The first-order chi connectivity index (χ1) is 8.85. The maximum atomic E-state index is 5.20. The number of fused-ring (bicyclic) bond motifs is 1. The van der Waals surface area contributed by atoms with Crippen molar-refractivity contribution in [2.75, 3.05) is 18.6 Å². The second-order valence-corrected chi connectivity index (χ2v) is 5.83. The standard InChI is InChI=1S/C13H17N3OS/c1-17-11-4-5-16-13(8-11)14-12(15-16)7-10-3-2-6-18-9-10/h4-5,8,10H,2-3,6-7,9H2,1H3. The molecule has 0 saturated carbocycles. The Morgan fingerprint density at radius 2 is 2.50 bits per heavy atom. The molecule has 1 aliphatic rings. The van der Waals surface area contributed by atoms with Crippen molar-refractivity contribution in [2.45, 2.75) is 19.3 Å². The lowest BCUT2D eigenvalue weighted by Crippen LogP contribution is -2.13. The fourth-order valence-electron chi connectivity index (χ4n) is 2.35. The molecule has 1 fully saturated rings. The Morgan fingerprint density at radius 3 is 3.28 bits per heavy atom. The van der Waals surface area contributed by atoms with Crippen LogP contribution in [0.5, 0.6) is 5.75 Å². The van der Waals surface area contributed by atoms with E-state index in [2.05, 4.69) is 21.8 Å². The predicted molar refractivity (Wildman–Crippen MR) is 73.3 cm³/mol. The van der Waals surface area contributed by atoms with Crippen LogP contribution in [0.4, 0.5) is 0 Å². The summed E-state index contributed by atoms with van der Waals surface area (Å²) in [5, 5.41) is 4.52. The molecule has 0 N–H and O–H groups in total. The van der Waals surface area contributed by atoms with Crippen LogP contribution in [0.2, 0.25) is 0 Å². The van der Waals surface area contributed by atoms with Crippen LogP contribution in [0, 0.1) is 5.92 Å². The monoisotopic (exact) mass is 263 g/mol. The molecule has 2 aromatic heterocycles. The van der Waals surface area contributed by atoms with Gasteiger partial charge >= 0.3 is 0 Å². The van der Waals surface area contributed by atoms with Crippen LogP contribution < -0.4 is 4.74 Å². The lowest BCUT2D eigenvalue weighted by atomic mass is 10.0. The molecule has 0 spiro atoms. The van der Waals surface area contributed by atoms with Gasteiger partial charge in [-0.1, -0.05) is 0 Å². The number of aromatic nitrogens is 3. The average molecular weight is 263 g/mol. The summed E-state index contributed by atoms with van der Waals surface area (Å²) in [4.78, 5) is 4.58. The molecule has 0 radical (unpaired) electrons. The van der Waals surface area contributed by atoms with Gasteiger partial charge in [0, 0.05) is 18.7 Å². The van der Waals surface area contributed by atoms with Crippen molar-refractivity contribution in [1.82, 2.24) is 14.6 Å². The first-order valence-corrected chi connectivity index (χ1v) is 7.47. The third-order valence-electron chi connectivity index (χ3n) is 3.31. The Hall–Kier alpha value is -1.23. The lowest BCUT2D eigenvalue weighted by Gasteiger charge is -2.19. The van der Waals surface area contributed by atoms with Gasteiger partial charge in [0.25, 0.3) is 0 Å². The smallest absolute Gasteiger partial charge is 0.159 e. The van der Waals surface area contributed by atoms with Crippen LogP contribution in [0.25, 0.3) is 5.65 Å². The molecule has 4 nitrogen and oxygen atoms in total. The molecule has 0 aromatic carbocycles. The van der Waals surface area contributed by atoms with Gasteiger partial charge in [-0.15, -0.1) is 0 Å². The Bertz CT molecular complexity index is 534. The van der Waals surface area contributed by atoms with Crippen LogP contribution in [-0.2, 0) is 6.42 Å². The van der Waals surface area contributed by atoms with E-state index in [1.807, 2.05) is 22.8 Å². The topological polar surface area (TPSA) is 39.4 Å². The summed E-state index contributed by atoms with van der Waals surface area (Å²) in [7, 11) is 1.67. The highest BCUT2D eigenvalue weighted by molar-refractivity contribution is 7.99. The maximum absolute atomic E-state index is 5.20. The first-order valence-electron chi connectivity index (χ1n) is 6.32. The van der Waals surface area contributed by atoms with Crippen molar-refractivity contribution in [3.05, 3.63) is 24.2 Å². The van der Waals surface area contributed by atoms with Gasteiger partial charge in [-0.05, 0) is 36.3 Å². The number of nitrogens with zero attached hydrogens (tertiary/aromatic N) is 3. The maximum Gasteiger partial charge on any atom is 0.159 e. The van der Waals surface area contributed by atoms with Crippen molar-refractivity contribution in [2.24, 2.45) is 5.92 Å². The average Bonchev–Trinajstić information content (AvgIpc) is 2.80. The van der Waals surface area contributed by atoms with Crippen LogP contribution in [-0.4, -0.2) is 33.2 Å². The summed E-state index contributed by atoms with van der Waals surface area (Å²) in [6.07, 6.45) is 5.54. The quantitative estimate of drug-likeness (QED) is 0.852. The molecule has 5 heteroatoms. The number of ether oxygens (including phenoxy) is 1. The third-order valence-corrected chi connectivity index (χ3v) is 4.60. The highest BCUT2D eigenvalue weighted by atomic mass is 32.2. The molecule has 0 aliphatic carbocycles. The van der Waals surface area contributed by atoms with Crippen molar-refractivity contribution in [3.63, 3.8) is 0 Å². The molecule has 0 bridgehead atoms. The molecule has 1 atom stereocenters. The van der Waals surface area contributed by atoms with Crippen LogP contribution in [0.1, 0.15) is 18.7 Å². The second-order valence-electron chi connectivity index (χ2n) is 4.68. The van der Waals surface area contributed by atoms with Gasteiger partial charge in [0.2, 0.25) is 0 Å². The van der Waals surface area contributed by atoms with Crippen LogP contribution in [0.3, 0.4) is 0 Å². The van der Waals surface area contributed by atoms with E-state index < -0.39 is 0 Å². The van der Waals surface area contributed by atoms with E-state index in [0.29, 0.717) is 0 Å². The summed E-state index contributed by atoms with van der Waals surface area (Å²) in [5.41, 5.74) is 0.868. The Morgan fingerprint density at radius 1 is 1.56 bits per heavy atom.